The fraction of sp³-hybridized carbons (Fsp3) is 0.263. The summed E-state index contributed by atoms with van der Waals surface area (Å²) in [6, 6.07) is 6.01. The van der Waals surface area contributed by atoms with Crippen molar-refractivity contribution in [3.8, 4) is 18.3 Å². The number of aliphatic imine (C=N–C) groups is 1. The Hall–Kier alpha value is -3.71. The largest absolute Gasteiger partial charge is 0.480 e. The predicted molar refractivity (Wildman–Crippen MR) is 102 cm³/mol. The van der Waals surface area contributed by atoms with Crippen molar-refractivity contribution in [3.05, 3.63) is 47.7 Å². The molecular formula is C19H18FN5O4. The molecule has 2 heterocycles. The number of nitrogens with zero attached hydrogens (tertiary/aromatic N) is 3. The maximum Gasteiger partial charge on any atom is 0.296 e. The van der Waals surface area contributed by atoms with Crippen LogP contribution in [0, 0.1) is 18.3 Å². The maximum atomic E-state index is 14.5. The number of terminal acetylenes is 1. The Labute approximate surface area is 166 Å². The summed E-state index contributed by atoms with van der Waals surface area (Å²) in [5, 5.41) is 2.66. The Morgan fingerprint density at radius 1 is 1.41 bits per heavy atom. The van der Waals surface area contributed by atoms with Crippen molar-refractivity contribution in [1.29, 1.82) is 0 Å². The van der Waals surface area contributed by atoms with Crippen LogP contribution in [0.4, 0.5) is 10.1 Å². The van der Waals surface area contributed by atoms with E-state index in [4.69, 9.17) is 26.4 Å². The molecular weight excluding hydrogens is 381 g/mol. The summed E-state index contributed by atoms with van der Waals surface area (Å²) in [6.07, 6.45) is 7.09. The highest BCUT2D eigenvalue weighted by molar-refractivity contribution is 6.02. The Morgan fingerprint density at radius 2 is 2.24 bits per heavy atom. The molecule has 0 radical (unpaired) electrons. The normalized spacial score (nSPS) is 18.7. The summed E-state index contributed by atoms with van der Waals surface area (Å²) in [6.45, 7) is 0.412. The van der Waals surface area contributed by atoms with E-state index in [-0.39, 0.29) is 30.8 Å². The van der Waals surface area contributed by atoms with Gasteiger partial charge in [0.2, 0.25) is 5.88 Å². The fourth-order valence-corrected chi connectivity index (χ4v) is 2.83. The topological polar surface area (TPSA) is 121 Å². The van der Waals surface area contributed by atoms with Gasteiger partial charge in [-0.25, -0.2) is 14.4 Å². The molecule has 0 unspecified atom stereocenters. The molecule has 1 saturated heterocycles. The zero-order valence-corrected chi connectivity index (χ0v) is 15.5. The number of anilines is 1. The van der Waals surface area contributed by atoms with Gasteiger partial charge in [-0.05, 0) is 23.8 Å². The molecule has 0 spiro atoms. The molecule has 2 atom stereocenters. The van der Waals surface area contributed by atoms with Gasteiger partial charge in [0.15, 0.2) is 0 Å². The van der Waals surface area contributed by atoms with Gasteiger partial charge in [0.05, 0.1) is 32.7 Å². The van der Waals surface area contributed by atoms with Crippen LogP contribution in [-0.2, 0) is 9.47 Å². The first kappa shape index (κ1) is 20.0. The zero-order chi connectivity index (χ0) is 20.8. The second-order valence-corrected chi connectivity index (χ2v) is 6.01. The van der Waals surface area contributed by atoms with Crippen LogP contribution < -0.4 is 15.8 Å². The van der Waals surface area contributed by atoms with E-state index in [0.717, 1.165) is 0 Å². The average molecular weight is 399 g/mol. The smallest absolute Gasteiger partial charge is 0.296 e. The lowest BCUT2D eigenvalue weighted by atomic mass is 9.95. The van der Waals surface area contributed by atoms with Crippen molar-refractivity contribution in [1.82, 2.24) is 9.97 Å². The Bertz CT molecular complexity index is 958. The number of ether oxygens (including phenoxy) is 3. The summed E-state index contributed by atoms with van der Waals surface area (Å²) in [4.78, 5) is 23.8. The molecule has 2 aromatic rings. The van der Waals surface area contributed by atoms with Crippen LogP contribution in [-0.4, -0.2) is 48.3 Å². The van der Waals surface area contributed by atoms with Gasteiger partial charge < -0.3 is 25.3 Å². The summed E-state index contributed by atoms with van der Waals surface area (Å²) >= 11 is 0. The maximum absolute atomic E-state index is 14.5. The van der Waals surface area contributed by atoms with Gasteiger partial charge in [0.25, 0.3) is 11.9 Å². The third-order valence-electron chi connectivity index (χ3n) is 4.20. The monoisotopic (exact) mass is 399 g/mol. The molecule has 1 aromatic heterocycles. The second-order valence-electron chi connectivity index (χ2n) is 6.01. The number of nitrogens with two attached hydrogens (primary N) is 1. The highest BCUT2D eigenvalue weighted by atomic mass is 19.1. The van der Waals surface area contributed by atoms with Crippen molar-refractivity contribution < 1.29 is 23.4 Å². The first-order chi connectivity index (χ1) is 14.0. The Morgan fingerprint density at radius 3 is 2.93 bits per heavy atom. The van der Waals surface area contributed by atoms with Gasteiger partial charge in [0, 0.05) is 17.6 Å². The first-order valence-corrected chi connectivity index (χ1v) is 8.51. The lowest BCUT2D eigenvalue weighted by molar-refractivity contribution is 0.102. The van der Waals surface area contributed by atoms with Crippen molar-refractivity contribution in [2.75, 3.05) is 25.6 Å². The summed E-state index contributed by atoms with van der Waals surface area (Å²) in [7, 11) is 1.44. The number of carbonyl (C=O) groups is 1. The van der Waals surface area contributed by atoms with Crippen molar-refractivity contribution >= 4 is 17.6 Å². The van der Waals surface area contributed by atoms with Crippen molar-refractivity contribution in [2.24, 2.45) is 10.7 Å². The van der Waals surface area contributed by atoms with Crippen LogP contribution >= 0.6 is 0 Å². The third-order valence-corrected chi connectivity index (χ3v) is 4.20. The summed E-state index contributed by atoms with van der Waals surface area (Å²) in [5.41, 5.74) is 6.34. The molecule has 1 aliphatic rings. The van der Waals surface area contributed by atoms with E-state index in [2.05, 4.69) is 20.3 Å². The molecule has 1 aromatic carbocycles. The SMILES string of the molecule is C#C/N=C(/N)O[C@@H]1COC[C@@H]1c1cc(NC(=O)c2cnc(OC)cn2)ccc1F. The number of amidine groups is 1. The van der Waals surface area contributed by atoms with E-state index in [0.29, 0.717) is 11.3 Å². The third kappa shape index (κ3) is 4.77. The van der Waals surface area contributed by atoms with E-state index >= 15 is 0 Å². The lowest BCUT2D eigenvalue weighted by Gasteiger charge is -2.20. The summed E-state index contributed by atoms with van der Waals surface area (Å²) in [5.74, 6) is -1.15. The van der Waals surface area contributed by atoms with Gasteiger partial charge in [0.1, 0.15) is 17.6 Å². The van der Waals surface area contributed by atoms with E-state index in [1.807, 2.05) is 6.04 Å². The van der Waals surface area contributed by atoms with Crippen molar-refractivity contribution in [2.45, 2.75) is 12.0 Å². The first-order valence-electron chi connectivity index (χ1n) is 8.51. The number of methoxy groups -OCH3 is 1. The highest BCUT2D eigenvalue weighted by Crippen LogP contribution is 2.31. The molecule has 29 heavy (non-hydrogen) atoms. The molecule has 0 bridgehead atoms. The van der Waals surface area contributed by atoms with Gasteiger partial charge in [-0.1, -0.05) is 6.42 Å². The molecule has 9 nitrogen and oxygen atoms in total. The van der Waals surface area contributed by atoms with Crippen LogP contribution in [0.15, 0.2) is 35.6 Å². The Kier molecular flexibility index (Phi) is 6.21. The molecule has 150 valence electrons. The van der Waals surface area contributed by atoms with Gasteiger partial charge in [-0.3, -0.25) is 4.79 Å². The molecule has 10 heteroatoms. The number of amides is 1. The molecule has 0 saturated carbocycles. The minimum Gasteiger partial charge on any atom is -0.480 e. The number of rotatable bonds is 5. The zero-order valence-electron chi connectivity index (χ0n) is 15.5. The number of halogens is 1. The number of hydrogen-bond acceptors (Lipinski definition) is 7. The molecule has 1 fully saturated rings. The van der Waals surface area contributed by atoms with E-state index < -0.39 is 23.7 Å². The molecule has 3 N–H and O–H groups in total. The molecule has 0 aliphatic carbocycles. The van der Waals surface area contributed by atoms with Crippen LogP contribution in [0.2, 0.25) is 0 Å². The van der Waals surface area contributed by atoms with Gasteiger partial charge >= 0.3 is 0 Å². The molecule has 1 aliphatic heterocycles. The quantitative estimate of drug-likeness (QED) is 0.441. The fourth-order valence-electron chi connectivity index (χ4n) is 2.83. The van der Waals surface area contributed by atoms with E-state index in [1.54, 1.807) is 0 Å². The van der Waals surface area contributed by atoms with Gasteiger partial charge in [-0.2, -0.15) is 0 Å². The lowest BCUT2D eigenvalue weighted by Crippen LogP contribution is -2.29. The molecule has 3 rings (SSSR count). The van der Waals surface area contributed by atoms with E-state index in [9.17, 15) is 9.18 Å². The highest BCUT2D eigenvalue weighted by Gasteiger charge is 2.34. The van der Waals surface area contributed by atoms with Crippen molar-refractivity contribution in [3.63, 3.8) is 0 Å². The second kappa shape index (κ2) is 8.99. The summed E-state index contributed by atoms with van der Waals surface area (Å²) < 4.78 is 30.2. The number of nitrogens with one attached hydrogen (secondary N) is 1. The van der Waals surface area contributed by atoms with Crippen LogP contribution in [0.5, 0.6) is 5.88 Å². The minimum atomic E-state index is -0.569. The minimum absolute atomic E-state index is 0.0837. The van der Waals surface area contributed by atoms with Crippen LogP contribution in [0.1, 0.15) is 22.0 Å². The van der Waals surface area contributed by atoms with Crippen LogP contribution in [0.3, 0.4) is 0 Å². The number of carbonyl (C=O) groups excluding carboxylic acids is 1. The predicted octanol–water partition coefficient (Wildman–Crippen LogP) is 1.28. The number of aromatic nitrogens is 2. The Balaban J connectivity index is 1.77. The van der Waals surface area contributed by atoms with E-state index in [1.165, 1.54) is 37.7 Å². The number of hydrogen-bond donors (Lipinski definition) is 2. The average Bonchev–Trinajstić information content (AvgIpc) is 3.17. The van der Waals surface area contributed by atoms with Crippen LogP contribution in [0.25, 0.3) is 0 Å². The number of benzene rings is 1. The van der Waals surface area contributed by atoms with Gasteiger partial charge in [-0.15, -0.1) is 4.99 Å². The molecule has 1 amide bonds. The standard InChI is InChI=1S/C19H18FN5O4/c1-3-22-19(21)29-16-10-28-9-13(16)12-6-11(4-5-14(12)20)25-18(26)15-7-24-17(27-2)8-23-15/h1,4-8,13,16H,9-10H2,2H3,(H2,21,22)(H,25,26)/t13-,16-/m1/s1.